The minimum absolute atomic E-state index is 0.0715. The molecular weight excluding hydrogens is 182 g/mol. The van der Waals surface area contributed by atoms with Crippen LogP contribution in [0.1, 0.15) is 37.6 Å². The molecule has 0 amide bonds. The van der Waals surface area contributed by atoms with Crippen molar-refractivity contribution in [1.29, 1.82) is 0 Å². The molecule has 0 aromatic carbocycles. The number of hydrogen-bond donors (Lipinski definition) is 0. The molecule has 0 aliphatic heterocycles. The fourth-order valence-corrected chi connectivity index (χ4v) is 1.32. The van der Waals surface area contributed by atoms with Crippen LogP contribution in [0.3, 0.4) is 0 Å². The molecule has 2 heteroatoms. The van der Waals surface area contributed by atoms with Crippen molar-refractivity contribution in [3.05, 3.63) is 28.0 Å². The van der Waals surface area contributed by atoms with Crippen LogP contribution in [0.4, 0.5) is 0 Å². The van der Waals surface area contributed by atoms with E-state index in [1.54, 1.807) is 0 Å². The van der Waals surface area contributed by atoms with Gasteiger partial charge in [0, 0.05) is 11.1 Å². The van der Waals surface area contributed by atoms with Gasteiger partial charge in [0.15, 0.2) is 0 Å². The third kappa shape index (κ3) is 2.22. The molecule has 1 aromatic heterocycles. The molecule has 0 saturated carbocycles. The standard InChI is InChI=1S/C11H16ClN/c1-7-6-9(11(3,4)5)13-10(12)8(7)2/h6H,1-5H3. The number of pyridine rings is 1. The van der Waals surface area contributed by atoms with E-state index in [0.717, 1.165) is 11.3 Å². The number of rotatable bonds is 0. The summed E-state index contributed by atoms with van der Waals surface area (Å²) in [5.74, 6) is 0. The van der Waals surface area contributed by atoms with E-state index in [2.05, 4.69) is 38.7 Å². The highest BCUT2D eigenvalue weighted by Gasteiger charge is 2.17. The Hall–Kier alpha value is -0.560. The largest absolute Gasteiger partial charge is 0.240 e. The van der Waals surface area contributed by atoms with Crippen LogP contribution in [0.5, 0.6) is 0 Å². The predicted molar refractivity (Wildman–Crippen MR) is 57.4 cm³/mol. The molecule has 0 bridgehead atoms. The second-order valence-electron chi connectivity index (χ2n) is 4.49. The van der Waals surface area contributed by atoms with Gasteiger partial charge in [0.1, 0.15) is 5.15 Å². The topological polar surface area (TPSA) is 12.9 Å². The van der Waals surface area contributed by atoms with Gasteiger partial charge in [0.2, 0.25) is 0 Å². The van der Waals surface area contributed by atoms with E-state index in [9.17, 15) is 0 Å². The Labute approximate surface area is 85.1 Å². The lowest BCUT2D eigenvalue weighted by molar-refractivity contribution is 0.568. The van der Waals surface area contributed by atoms with Gasteiger partial charge in [0.05, 0.1) is 0 Å². The molecule has 1 rings (SSSR count). The SMILES string of the molecule is Cc1cc(C(C)(C)C)nc(Cl)c1C. The van der Waals surface area contributed by atoms with E-state index < -0.39 is 0 Å². The Kier molecular flexibility index (Phi) is 2.67. The van der Waals surface area contributed by atoms with Crippen LogP contribution in [0.2, 0.25) is 5.15 Å². The lowest BCUT2D eigenvalue weighted by Crippen LogP contribution is -2.14. The first-order valence-corrected chi connectivity index (χ1v) is 4.84. The molecule has 0 aliphatic carbocycles. The maximum Gasteiger partial charge on any atom is 0.132 e. The zero-order chi connectivity index (χ0) is 10.2. The molecule has 0 spiro atoms. The van der Waals surface area contributed by atoms with Gasteiger partial charge in [0.25, 0.3) is 0 Å². The van der Waals surface area contributed by atoms with Gasteiger partial charge in [-0.2, -0.15) is 0 Å². The van der Waals surface area contributed by atoms with Crippen LogP contribution >= 0.6 is 11.6 Å². The summed E-state index contributed by atoms with van der Waals surface area (Å²) in [5.41, 5.74) is 3.42. The molecule has 1 nitrogen and oxygen atoms in total. The normalized spacial score (nSPS) is 11.8. The molecule has 1 heterocycles. The molecule has 0 saturated heterocycles. The highest BCUT2D eigenvalue weighted by Crippen LogP contribution is 2.25. The maximum absolute atomic E-state index is 6.01. The quantitative estimate of drug-likeness (QED) is 0.579. The first-order chi connectivity index (χ1) is 5.82. The molecular formula is C11H16ClN. The minimum Gasteiger partial charge on any atom is -0.240 e. The summed E-state index contributed by atoms with van der Waals surface area (Å²) in [7, 11) is 0. The van der Waals surface area contributed by atoms with Gasteiger partial charge in [-0.15, -0.1) is 0 Å². The second kappa shape index (κ2) is 3.30. The highest BCUT2D eigenvalue weighted by atomic mass is 35.5. The molecule has 13 heavy (non-hydrogen) atoms. The summed E-state index contributed by atoms with van der Waals surface area (Å²) < 4.78 is 0. The number of aromatic nitrogens is 1. The first kappa shape index (κ1) is 10.5. The lowest BCUT2D eigenvalue weighted by atomic mass is 9.90. The summed E-state index contributed by atoms with van der Waals surface area (Å²) in [6, 6.07) is 2.11. The summed E-state index contributed by atoms with van der Waals surface area (Å²) >= 11 is 6.01. The molecule has 0 atom stereocenters. The van der Waals surface area contributed by atoms with Crippen molar-refractivity contribution < 1.29 is 0 Å². The van der Waals surface area contributed by atoms with Crippen LogP contribution < -0.4 is 0 Å². The van der Waals surface area contributed by atoms with Gasteiger partial charge in [-0.1, -0.05) is 32.4 Å². The van der Waals surface area contributed by atoms with Gasteiger partial charge >= 0.3 is 0 Å². The zero-order valence-electron chi connectivity index (χ0n) is 8.90. The smallest absolute Gasteiger partial charge is 0.132 e. The molecule has 72 valence electrons. The van der Waals surface area contributed by atoms with Crippen molar-refractivity contribution in [2.45, 2.75) is 40.0 Å². The van der Waals surface area contributed by atoms with Gasteiger partial charge in [-0.25, -0.2) is 4.98 Å². The zero-order valence-corrected chi connectivity index (χ0v) is 9.66. The third-order valence-corrected chi connectivity index (χ3v) is 2.61. The van der Waals surface area contributed by atoms with Gasteiger partial charge in [-0.05, 0) is 31.0 Å². The Morgan fingerprint density at radius 1 is 1.23 bits per heavy atom. The first-order valence-electron chi connectivity index (χ1n) is 4.46. The maximum atomic E-state index is 6.01. The molecule has 0 N–H and O–H groups in total. The summed E-state index contributed by atoms with van der Waals surface area (Å²) in [5, 5.41) is 0.630. The molecule has 0 unspecified atom stereocenters. The number of nitrogens with zero attached hydrogens (tertiary/aromatic N) is 1. The van der Waals surface area contributed by atoms with E-state index in [1.807, 2.05) is 6.92 Å². The fraction of sp³-hybridized carbons (Fsp3) is 0.545. The summed E-state index contributed by atoms with van der Waals surface area (Å²) in [6.07, 6.45) is 0. The number of aryl methyl sites for hydroxylation is 1. The molecule has 0 fully saturated rings. The van der Waals surface area contributed by atoms with E-state index in [0.29, 0.717) is 5.15 Å². The van der Waals surface area contributed by atoms with Crippen LogP contribution in [0.15, 0.2) is 6.07 Å². The second-order valence-corrected chi connectivity index (χ2v) is 4.85. The molecule has 0 radical (unpaired) electrons. The van der Waals surface area contributed by atoms with Crippen molar-refractivity contribution in [1.82, 2.24) is 4.98 Å². The monoisotopic (exact) mass is 197 g/mol. The average molecular weight is 198 g/mol. The summed E-state index contributed by atoms with van der Waals surface area (Å²) in [6.45, 7) is 10.5. The fourth-order valence-electron chi connectivity index (χ4n) is 1.08. The molecule has 0 aliphatic rings. The Morgan fingerprint density at radius 3 is 2.15 bits per heavy atom. The summed E-state index contributed by atoms with van der Waals surface area (Å²) in [4.78, 5) is 4.37. The lowest BCUT2D eigenvalue weighted by Gasteiger charge is -2.19. The van der Waals surface area contributed by atoms with Crippen LogP contribution in [0.25, 0.3) is 0 Å². The average Bonchev–Trinajstić information content (AvgIpc) is 1.97. The van der Waals surface area contributed by atoms with Crippen molar-refractivity contribution in [2.24, 2.45) is 0 Å². The van der Waals surface area contributed by atoms with Gasteiger partial charge < -0.3 is 0 Å². The van der Waals surface area contributed by atoms with Crippen LogP contribution in [-0.4, -0.2) is 4.98 Å². The highest BCUT2D eigenvalue weighted by molar-refractivity contribution is 6.30. The van der Waals surface area contributed by atoms with Crippen molar-refractivity contribution >= 4 is 11.6 Å². The Morgan fingerprint density at radius 2 is 1.77 bits per heavy atom. The van der Waals surface area contributed by atoms with Crippen molar-refractivity contribution in [3.63, 3.8) is 0 Å². The minimum atomic E-state index is 0.0715. The van der Waals surface area contributed by atoms with E-state index in [-0.39, 0.29) is 5.41 Å². The van der Waals surface area contributed by atoms with Crippen molar-refractivity contribution in [3.8, 4) is 0 Å². The Balaban J connectivity index is 3.29. The van der Waals surface area contributed by atoms with Crippen LogP contribution in [-0.2, 0) is 5.41 Å². The number of halogens is 1. The van der Waals surface area contributed by atoms with E-state index in [4.69, 9.17) is 11.6 Å². The third-order valence-electron chi connectivity index (χ3n) is 2.24. The predicted octanol–water partition coefficient (Wildman–Crippen LogP) is 3.65. The van der Waals surface area contributed by atoms with Crippen molar-refractivity contribution in [2.75, 3.05) is 0 Å². The van der Waals surface area contributed by atoms with E-state index >= 15 is 0 Å². The van der Waals surface area contributed by atoms with Crippen LogP contribution in [0, 0.1) is 13.8 Å². The van der Waals surface area contributed by atoms with E-state index in [1.165, 1.54) is 5.56 Å². The number of hydrogen-bond acceptors (Lipinski definition) is 1. The molecule has 1 aromatic rings. The van der Waals surface area contributed by atoms with Gasteiger partial charge in [-0.3, -0.25) is 0 Å². The Bertz CT molecular complexity index is 300.